The molecule has 1 aromatic heterocycles. The van der Waals surface area contributed by atoms with Crippen molar-refractivity contribution in [3.63, 3.8) is 0 Å². The van der Waals surface area contributed by atoms with Gasteiger partial charge in [-0.15, -0.1) is 0 Å². The first-order chi connectivity index (χ1) is 12.1. The fraction of sp³-hybridized carbons (Fsp3) is 0.429. The van der Waals surface area contributed by atoms with Gasteiger partial charge < -0.3 is 10.1 Å². The zero-order chi connectivity index (χ0) is 17.7. The average molecular weight is 338 g/mol. The van der Waals surface area contributed by atoms with Crippen LogP contribution < -0.4 is 10.1 Å². The largest absolute Gasteiger partial charge is 0.478 e. The minimum atomic E-state index is -0.427. The Balaban J connectivity index is 1.78. The summed E-state index contributed by atoms with van der Waals surface area (Å²) in [6.07, 6.45) is 6.58. The van der Waals surface area contributed by atoms with Crippen LogP contribution in [0.15, 0.2) is 42.6 Å². The molecule has 132 valence electrons. The van der Waals surface area contributed by atoms with Gasteiger partial charge in [-0.1, -0.05) is 49.6 Å². The number of aromatic nitrogens is 1. The lowest BCUT2D eigenvalue weighted by molar-refractivity contribution is -0.121. The number of benzene rings is 1. The van der Waals surface area contributed by atoms with Gasteiger partial charge in [-0.25, -0.2) is 4.98 Å². The van der Waals surface area contributed by atoms with Crippen LogP contribution in [0.4, 0.5) is 5.69 Å². The van der Waals surface area contributed by atoms with Crippen LogP contribution in [0.3, 0.4) is 0 Å². The Hall–Kier alpha value is -2.36. The molecule has 2 aromatic rings. The first-order valence-corrected chi connectivity index (χ1v) is 9.11. The van der Waals surface area contributed by atoms with E-state index >= 15 is 0 Å². The van der Waals surface area contributed by atoms with E-state index in [-0.39, 0.29) is 5.91 Å². The van der Waals surface area contributed by atoms with Gasteiger partial charge in [-0.2, -0.15) is 0 Å². The fourth-order valence-electron chi connectivity index (χ4n) is 3.57. The van der Waals surface area contributed by atoms with Crippen LogP contribution in [0.1, 0.15) is 50.2 Å². The molecule has 1 heterocycles. The molecule has 1 aromatic carbocycles. The van der Waals surface area contributed by atoms with E-state index < -0.39 is 5.41 Å². The lowest BCUT2D eigenvalue weighted by Crippen LogP contribution is -2.38. The molecule has 0 aliphatic heterocycles. The summed E-state index contributed by atoms with van der Waals surface area (Å²) in [7, 11) is 0. The van der Waals surface area contributed by atoms with E-state index in [9.17, 15) is 4.79 Å². The smallest absolute Gasteiger partial charge is 0.235 e. The van der Waals surface area contributed by atoms with E-state index in [4.69, 9.17) is 4.74 Å². The molecule has 1 N–H and O–H groups in total. The van der Waals surface area contributed by atoms with Crippen LogP contribution in [0, 0.1) is 6.92 Å². The Labute approximate surface area is 149 Å². The predicted octanol–water partition coefficient (Wildman–Crippen LogP) is 4.63. The Morgan fingerprint density at radius 1 is 1.24 bits per heavy atom. The number of hydrogen-bond donors (Lipinski definition) is 1. The Morgan fingerprint density at radius 3 is 2.68 bits per heavy atom. The second kappa shape index (κ2) is 7.68. The average Bonchev–Trinajstić information content (AvgIpc) is 3.12. The predicted molar refractivity (Wildman–Crippen MR) is 100.0 cm³/mol. The molecule has 0 radical (unpaired) electrons. The molecule has 1 amide bonds. The number of pyridine rings is 1. The molecule has 1 fully saturated rings. The van der Waals surface area contributed by atoms with E-state index in [0.29, 0.717) is 18.2 Å². The molecule has 0 saturated heterocycles. The van der Waals surface area contributed by atoms with Crippen molar-refractivity contribution in [3.8, 4) is 5.88 Å². The third kappa shape index (κ3) is 3.84. The topological polar surface area (TPSA) is 51.2 Å². The summed E-state index contributed by atoms with van der Waals surface area (Å²) in [6, 6.07) is 12.0. The molecule has 1 saturated carbocycles. The first kappa shape index (κ1) is 17.5. The molecular formula is C21H26N2O2. The summed E-state index contributed by atoms with van der Waals surface area (Å²) in [6.45, 7) is 4.78. The van der Waals surface area contributed by atoms with E-state index in [1.807, 2.05) is 12.1 Å². The highest BCUT2D eigenvalue weighted by Crippen LogP contribution is 2.42. The van der Waals surface area contributed by atoms with Crippen molar-refractivity contribution in [3.05, 3.63) is 53.7 Å². The van der Waals surface area contributed by atoms with Crippen LogP contribution in [-0.2, 0) is 10.2 Å². The minimum absolute atomic E-state index is 0.0691. The molecule has 0 atom stereocenters. The molecule has 0 unspecified atom stereocenters. The van der Waals surface area contributed by atoms with Gasteiger partial charge in [0.25, 0.3) is 0 Å². The van der Waals surface area contributed by atoms with Crippen LogP contribution in [-0.4, -0.2) is 17.5 Å². The van der Waals surface area contributed by atoms with Crippen molar-refractivity contribution in [2.24, 2.45) is 0 Å². The summed E-state index contributed by atoms with van der Waals surface area (Å²) in [5.74, 6) is 0.661. The van der Waals surface area contributed by atoms with Crippen LogP contribution in [0.5, 0.6) is 5.88 Å². The van der Waals surface area contributed by atoms with Gasteiger partial charge in [0.05, 0.1) is 23.9 Å². The number of aryl methyl sites for hydroxylation is 1. The summed E-state index contributed by atoms with van der Waals surface area (Å²) in [5, 5.41) is 3.07. The molecule has 4 heteroatoms. The summed E-state index contributed by atoms with van der Waals surface area (Å²) in [4.78, 5) is 17.4. The summed E-state index contributed by atoms with van der Waals surface area (Å²) < 4.78 is 5.49. The SMILES string of the molecule is CCCOc1ccc(NC(=O)C2(c3cccc(C)c3)CCCC2)cn1. The second-order valence-corrected chi connectivity index (χ2v) is 6.85. The van der Waals surface area contributed by atoms with Crippen molar-refractivity contribution in [1.82, 2.24) is 4.98 Å². The van der Waals surface area contributed by atoms with Gasteiger partial charge in [0.1, 0.15) is 0 Å². The van der Waals surface area contributed by atoms with Gasteiger partial charge >= 0.3 is 0 Å². The molecular weight excluding hydrogens is 312 g/mol. The normalized spacial score (nSPS) is 15.8. The van der Waals surface area contributed by atoms with E-state index in [0.717, 1.165) is 37.7 Å². The number of nitrogens with one attached hydrogen (secondary N) is 1. The van der Waals surface area contributed by atoms with E-state index in [1.54, 1.807) is 12.3 Å². The maximum Gasteiger partial charge on any atom is 0.235 e. The van der Waals surface area contributed by atoms with Crippen molar-refractivity contribution >= 4 is 11.6 Å². The number of rotatable bonds is 6. The lowest BCUT2D eigenvalue weighted by Gasteiger charge is -2.28. The van der Waals surface area contributed by atoms with Crippen LogP contribution >= 0.6 is 0 Å². The third-order valence-electron chi connectivity index (χ3n) is 4.91. The number of nitrogens with zero attached hydrogens (tertiary/aromatic N) is 1. The number of ether oxygens (including phenoxy) is 1. The van der Waals surface area contributed by atoms with Gasteiger partial charge in [0.15, 0.2) is 0 Å². The Bertz CT molecular complexity index is 719. The fourth-order valence-corrected chi connectivity index (χ4v) is 3.57. The molecule has 3 rings (SSSR count). The molecule has 0 spiro atoms. The standard InChI is InChI=1S/C21H26N2O2/c1-3-13-25-19-10-9-18(15-22-19)23-20(24)21(11-4-5-12-21)17-8-6-7-16(2)14-17/h6-10,14-15H,3-5,11-13H2,1-2H3,(H,23,24). The van der Waals surface area contributed by atoms with E-state index in [2.05, 4.69) is 42.3 Å². The van der Waals surface area contributed by atoms with Gasteiger partial charge in [-0.05, 0) is 37.8 Å². The number of carbonyl (C=O) groups excluding carboxylic acids is 1. The van der Waals surface area contributed by atoms with E-state index in [1.165, 1.54) is 5.56 Å². The lowest BCUT2D eigenvalue weighted by atomic mass is 9.77. The monoisotopic (exact) mass is 338 g/mol. The molecule has 1 aliphatic carbocycles. The van der Waals surface area contributed by atoms with Crippen LogP contribution in [0.25, 0.3) is 0 Å². The van der Waals surface area contributed by atoms with Gasteiger partial charge in [0, 0.05) is 6.07 Å². The molecule has 0 bridgehead atoms. The maximum absolute atomic E-state index is 13.1. The second-order valence-electron chi connectivity index (χ2n) is 6.85. The minimum Gasteiger partial charge on any atom is -0.478 e. The van der Waals surface area contributed by atoms with Gasteiger partial charge in [-0.3, -0.25) is 4.79 Å². The molecule has 25 heavy (non-hydrogen) atoms. The van der Waals surface area contributed by atoms with Crippen molar-refractivity contribution in [1.29, 1.82) is 0 Å². The van der Waals surface area contributed by atoms with Crippen molar-refractivity contribution in [2.45, 2.75) is 51.4 Å². The number of anilines is 1. The van der Waals surface area contributed by atoms with Gasteiger partial charge in [0.2, 0.25) is 11.8 Å². The zero-order valence-electron chi connectivity index (χ0n) is 15.0. The maximum atomic E-state index is 13.1. The third-order valence-corrected chi connectivity index (χ3v) is 4.91. The van der Waals surface area contributed by atoms with Crippen molar-refractivity contribution in [2.75, 3.05) is 11.9 Å². The van der Waals surface area contributed by atoms with Crippen molar-refractivity contribution < 1.29 is 9.53 Å². The number of amides is 1. The zero-order valence-corrected chi connectivity index (χ0v) is 15.0. The highest BCUT2D eigenvalue weighted by atomic mass is 16.5. The highest BCUT2D eigenvalue weighted by Gasteiger charge is 2.42. The Kier molecular flexibility index (Phi) is 5.37. The quantitative estimate of drug-likeness (QED) is 0.835. The Morgan fingerprint density at radius 2 is 2.04 bits per heavy atom. The molecule has 4 nitrogen and oxygen atoms in total. The summed E-state index contributed by atoms with van der Waals surface area (Å²) in [5.41, 5.74) is 2.60. The van der Waals surface area contributed by atoms with Crippen LogP contribution in [0.2, 0.25) is 0 Å². The number of hydrogen-bond acceptors (Lipinski definition) is 3. The molecule has 1 aliphatic rings. The number of carbonyl (C=O) groups is 1. The first-order valence-electron chi connectivity index (χ1n) is 9.11. The summed E-state index contributed by atoms with van der Waals surface area (Å²) >= 11 is 0. The highest BCUT2D eigenvalue weighted by molar-refractivity contribution is 5.99.